The Balaban J connectivity index is 0.00000264. The number of rotatable bonds is 6. The molecule has 8 nitrogen and oxygen atoms in total. The Morgan fingerprint density at radius 3 is 2.74 bits per heavy atom. The van der Waals surface area contributed by atoms with Crippen LogP contribution in [0.1, 0.15) is 12.5 Å². The van der Waals surface area contributed by atoms with E-state index in [0.29, 0.717) is 25.6 Å². The molecular weight excluding hydrogens is 411 g/mol. The highest BCUT2D eigenvalue weighted by atomic mass is 127. The number of halogens is 1. The summed E-state index contributed by atoms with van der Waals surface area (Å²) in [6, 6.07) is 1.68. The van der Waals surface area contributed by atoms with Crippen molar-refractivity contribution in [2.24, 2.45) is 12.0 Å². The number of guanidine groups is 1. The molecule has 23 heavy (non-hydrogen) atoms. The molecule has 1 aromatic heterocycles. The fourth-order valence-electron chi connectivity index (χ4n) is 2.13. The van der Waals surface area contributed by atoms with E-state index in [1.165, 1.54) is 4.90 Å². The lowest BCUT2D eigenvalue weighted by Gasteiger charge is -2.15. The van der Waals surface area contributed by atoms with E-state index >= 15 is 0 Å². The Labute approximate surface area is 152 Å². The van der Waals surface area contributed by atoms with Crippen LogP contribution >= 0.6 is 24.0 Å². The quantitative estimate of drug-likeness (QED) is 0.259. The summed E-state index contributed by atoms with van der Waals surface area (Å²) in [7, 11) is 1.97. The van der Waals surface area contributed by atoms with Crippen molar-refractivity contribution in [2.75, 3.05) is 26.2 Å². The zero-order chi connectivity index (χ0) is 15.9. The molecule has 128 valence electrons. The standard InChI is InChI=1S/C14H22N6O2.HI/c1-3-15-13(17-8-11-4-6-19(2)10-11)16-5-7-20-12(21)9-18-14(20)22;/h4,6,10H,3,5,7-9H2,1-2H3,(H,18,22)(H2,15,16,17);1H. The Morgan fingerprint density at radius 2 is 2.17 bits per heavy atom. The molecule has 9 heteroatoms. The van der Waals surface area contributed by atoms with E-state index in [9.17, 15) is 9.59 Å². The maximum atomic E-state index is 11.5. The topological polar surface area (TPSA) is 90.8 Å². The Hall–Kier alpha value is -1.78. The van der Waals surface area contributed by atoms with E-state index in [4.69, 9.17) is 0 Å². The Morgan fingerprint density at radius 1 is 1.39 bits per heavy atom. The maximum absolute atomic E-state index is 11.5. The first-order valence-electron chi connectivity index (χ1n) is 7.31. The van der Waals surface area contributed by atoms with Crippen LogP contribution in [0.4, 0.5) is 4.79 Å². The van der Waals surface area contributed by atoms with Gasteiger partial charge in [-0.2, -0.15) is 0 Å². The van der Waals surface area contributed by atoms with Crippen molar-refractivity contribution in [3.63, 3.8) is 0 Å². The number of nitrogens with one attached hydrogen (secondary N) is 3. The minimum absolute atomic E-state index is 0. The lowest BCUT2D eigenvalue weighted by molar-refractivity contribution is -0.124. The molecule has 0 radical (unpaired) electrons. The van der Waals surface area contributed by atoms with Crippen molar-refractivity contribution in [3.05, 3.63) is 24.0 Å². The summed E-state index contributed by atoms with van der Waals surface area (Å²) in [6.07, 6.45) is 3.99. The Kier molecular flexibility index (Phi) is 7.86. The van der Waals surface area contributed by atoms with Crippen LogP contribution in [0.15, 0.2) is 23.5 Å². The van der Waals surface area contributed by atoms with Crippen molar-refractivity contribution in [3.8, 4) is 0 Å². The summed E-state index contributed by atoms with van der Waals surface area (Å²) >= 11 is 0. The van der Waals surface area contributed by atoms with E-state index in [1.807, 2.05) is 37.0 Å². The number of hydrogen-bond donors (Lipinski definition) is 3. The van der Waals surface area contributed by atoms with Gasteiger partial charge >= 0.3 is 6.03 Å². The van der Waals surface area contributed by atoms with Crippen LogP contribution in [0.25, 0.3) is 0 Å². The highest BCUT2D eigenvalue weighted by Gasteiger charge is 2.27. The zero-order valence-electron chi connectivity index (χ0n) is 13.3. The lowest BCUT2D eigenvalue weighted by atomic mass is 10.3. The van der Waals surface area contributed by atoms with Crippen molar-refractivity contribution in [2.45, 2.75) is 13.5 Å². The molecule has 0 aliphatic carbocycles. The third-order valence-electron chi connectivity index (χ3n) is 3.22. The van der Waals surface area contributed by atoms with Crippen LogP contribution in [0.5, 0.6) is 0 Å². The number of aryl methyl sites for hydroxylation is 1. The van der Waals surface area contributed by atoms with Crippen LogP contribution in [0, 0.1) is 0 Å². The minimum Gasteiger partial charge on any atom is -0.357 e. The van der Waals surface area contributed by atoms with E-state index < -0.39 is 0 Å². The number of urea groups is 1. The second-order valence-electron chi connectivity index (χ2n) is 5.01. The van der Waals surface area contributed by atoms with E-state index in [1.54, 1.807) is 0 Å². The van der Waals surface area contributed by atoms with Crippen molar-refractivity contribution in [1.82, 2.24) is 25.4 Å². The second kappa shape index (κ2) is 9.38. The van der Waals surface area contributed by atoms with Crippen LogP contribution < -0.4 is 16.0 Å². The smallest absolute Gasteiger partial charge is 0.324 e. The molecule has 1 aliphatic rings. The molecule has 1 aromatic rings. The average Bonchev–Trinajstić information content (AvgIpc) is 3.04. The SMILES string of the molecule is CCNC(=NCc1ccn(C)c1)NCCN1C(=O)CNC1=O.I. The van der Waals surface area contributed by atoms with E-state index in [0.717, 1.165) is 12.1 Å². The molecule has 0 atom stereocenters. The largest absolute Gasteiger partial charge is 0.357 e. The molecule has 0 aromatic carbocycles. The van der Waals surface area contributed by atoms with Crippen molar-refractivity contribution >= 4 is 41.9 Å². The number of nitrogens with zero attached hydrogens (tertiary/aromatic N) is 3. The summed E-state index contributed by atoms with van der Waals surface area (Å²) in [6.45, 7) is 4.15. The van der Waals surface area contributed by atoms with Gasteiger partial charge < -0.3 is 20.5 Å². The molecule has 2 heterocycles. The van der Waals surface area contributed by atoms with Gasteiger partial charge in [-0.15, -0.1) is 24.0 Å². The van der Waals surface area contributed by atoms with Crippen LogP contribution in [0.2, 0.25) is 0 Å². The van der Waals surface area contributed by atoms with Gasteiger partial charge in [0, 0.05) is 39.1 Å². The highest BCUT2D eigenvalue weighted by Crippen LogP contribution is 2.01. The summed E-state index contributed by atoms with van der Waals surface area (Å²) < 4.78 is 1.98. The first kappa shape index (κ1) is 19.3. The molecule has 1 aliphatic heterocycles. The van der Waals surface area contributed by atoms with Crippen LogP contribution in [-0.2, 0) is 18.4 Å². The fourth-order valence-corrected chi connectivity index (χ4v) is 2.13. The fraction of sp³-hybridized carbons (Fsp3) is 0.500. The maximum Gasteiger partial charge on any atom is 0.324 e. The predicted molar refractivity (Wildman–Crippen MR) is 98.8 cm³/mol. The molecule has 0 saturated carbocycles. The molecule has 0 bridgehead atoms. The molecule has 1 fully saturated rings. The normalized spacial score (nSPS) is 14.5. The predicted octanol–water partition coefficient (Wildman–Crippen LogP) is 0.250. The lowest BCUT2D eigenvalue weighted by Crippen LogP contribution is -2.43. The summed E-state index contributed by atoms with van der Waals surface area (Å²) in [5.74, 6) is 0.469. The van der Waals surface area contributed by atoms with E-state index in [-0.39, 0.29) is 42.5 Å². The molecule has 1 saturated heterocycles. The van der Waals surface area contributed by atoms with Gasteiger partial charge in [0.05, 0.1) is 13.1 Å². The zero-order valence-corrected chi connectivity index (χ0v) is 15.7. The summed E-state index contributed by atoms with van der Waals surface area (Å²) in [5, 5.41) is 8.75. The van der Waals surface area contributed by atoms with Gasteiger partial charge in [-0.25, -0.2) is 9.79 Å². The number of carbonyl (C=O) groups excluding carboxylic acids is 2. The molecule has 3 N–H and O–H groups in total. The monoisotopic (exact) mass is 434 g/mol. The van der Waals surface area contributed by atoms with Gasteiger partial charge in [-0.05, 0) is 18.6 Å². The number of carbonyl (C=O) groups is 2. The van der Waals surface area contributed by atoms with Gasteiger partial charge in [0.15, 0.2) is 5.96 Å². The number of hydrogen-bond acceptors (Lipinski definition) is 3. The number of aliphatic imine (C=N–C) groups is 1. The summed E-state index contributed by atoms with van der Waals surface area (Å²) in [5.41, 5.74) is 1.12. The third-order valence-corrected chi connectivity index (χ3v) is 3.22. The van der Waals surface area contributed by atoms with Gasteiger partial charge in [-0.1, -0.05) is 0 Å². The number of imide groups is 1. The Bertz CT molecular complexity index is 555. The molecular formula is C14H23IN6O2. The first-order valence-corrected chi connectivity index (χ1v) is 7.31. The molecule has 3 amide bonds. The summed E-state index contributed by atoms with van der Waals surface area (Å²) in [4.78, 5) is 28.6. The number of aromatic nitrogens is 1. The highest BCUT2D eigenvalue weighted by molar-refractivity contribution is 14.0. The van der Waals surface area contributed by atoms with Crippen LogP contribution in [-0.4, -0.2) is 53.5 Å². The minimum atomic E-state index is -0.335. The van der Waals surface area contributed by atoms with E-state index in [2.05, 4.69) is 20.9 Å². The third kappa shape index (κ3) is 5.73. The average molecular weight is 434 g/mol. The molecule has 0 spiro atoms. The van der Waals surface area contributed by atoms with Gasteiger partial charge in [0.2, 0.25) is 5.91 Å². The van der Waals surface area contributed by atoms with Crippen molar-refractivity contribution in [1.29, 1.82) is 0 Å². The van der Waals surface area contributed by atoms with Gasteiger partial charge in [-0.3, -0.25) is 9.69 Å². The van der Waals surface area contributed by atoms with Crippen LogP contribution in [0.3, 0.4) is 0 Å². The molecule has 0 unspecified atom stereocenters. The molecule has 2 rings (SSSR count). The second-order valence-corrected chi connectivity index (χ2v) is 5.01. The number of amides is 3. The van der Waals surface area contributed by atoms with Gasteiger partial charge in [0.1, 0.15) is 0 Å². The van der Waals surface area contributed by atoms with Crippen molar-refractivity contribution < 1.29 is 9.59 Å². The van der Waals surface area contributed by atoms with Gasteiger partial charge in [0.25, 0.3) is 0 Å². The first-order chi connectivity index (χ1) is 10.6.